The Morgan fingerprint density at radius 2 is 0.707 bits per heavy atom. The number of anilines is 7. The average Bonchev–Trinajstić information content (AvgIpc) is 0.872. The zero-order valence-corrected chi connectivity index (χ0v) is 57.4. The maximum atomic E-state index is 11.4. The third kappa shape index (κ3) is 42.3. The SMILES string of the molecule is CCOCCOc1cc(=O)[nH]c(N)n1.CCOCCOc1cc(Cl)nc(N)n1.CCOCCn1c(N)nc(Cl)cc1=O.CCOCCn1c(N)nc(O)cc1=O.Nc1nc(Cl)cc(=O)[nH]1.Nc1nc(O)cc(=O)n1CCOCP(=O)(O)O.Nc1nc(OCCOCP(=O)(O)O)cc(=O)[nH]1. The van der Waals surface area contributed by atoms with E-state index in [0.717, 1.165) is 28.8 Å². The Balaban J connectivity index is 0.000000581. The number of ether oxygens (including phenoxy) is 9. The zero-order valence-electron chi connectivity index (χ0n) is 53.4. The quantitative estimate of drug-likeness (QED) is 0.0145. The van der Waals surface area contributed by atoms with Crippen LogP contribution in [0.1, 0.15) is 27.7 Å². The van der Waals surface area contributed by atoms with Gasteiger partial charge in [-0.2, -0.15) is 24.9 Å². The predicted molar refractivity (Wildman–Crippen MR) is 360 cm³/mol. The van der Waals surface area contributed by atoms with Gasteiger partial charge in [0.2, 0.25) is 71.0 Å². The van der Waals surface area contributed by atoms with Crippen molar-refractivity contribution >= 4 is 91.6 Å². The molecule has 0 bridgehead atoms. The van der Waals surface area contributed by atoms with Crippen LogP contribution in [-0.2, 0) is 57.2 Å². The molecule has 0 aliphatic rings. The molecule has 0 fully saturated rings. The number of hydrogen-bond acceptors (Lipinski definition) is 34. The molecular formula is C50H78Cl3N21O23P2. The maximum absolute atomic E-state index is 11.4. The highest BCUT2D eigenvalue weighted by Crippen LogP contribution is 2.34. The van der Waals surface area contributed by atoms with E-state index in [2.05, 4.69) is 64.3 Å². The summed E-state index contributed by atoms with van der Waals surface area (Å²) in [5.41, 5.74) is 35.0. The van der Waals surface area contributed by atoms with E-state index < -0.39 is 44.9 Å². The highest BCUT2D eigenvalue weighted by atomic mass is 35.5. The van der Waals surface area contributed by atoms with Crippen LogP contribution in [0.2, 0.25) is 15.5 Å². The van der Waals surface area contributed by atoms with Gasteiger partial charge in [-0.25, -0.2) is 15.0 Å². The molecule has 0 radical (unpaired) electrons. The minimum Gasteiger partial charge on any atom is -0.493 e. The third-order valence-corrected chi connectivity index (χ3v) is 11.7. The molecule has 552 valence electrons. The first-order chi connectivity index (χ1) is 46.6. The molecule has 0 aliphatic carbocycles. The summed E-state index contributed by atoms with van der Waals surface area (Å²) in [6, 6.07) is 8.11. The topological polar surface area (TPSA) is 688 Å². The number of rotatable bonds is 29. The molecule has 7 heterocycles. The normalized spacial score (nSPS) is 10.6. The smallest absolute Gasteiger partial charge is 0.350 e. The fraction of sp³-hybridized carbons (Fsp3) is 0.440. The van der Waals surface area contributed by atoms with Gasteiger partial charge in [0, 0.05) is 44.6 Å². The van der Waals surface area contributed by atoms with E-state index in [-0.39, 0.29) is 123 Å². The molecule has 23 N–H and O–H groups in total. The number of aromatic amines is 3. The molecule has 0 spiro atoms. The monoisotopic (exact) mass is 1510 g/mol. The number of halogens is 3. The van der Waals surface area contributed by atoms with Crippen LogP contribution in [-0.4, -0.2) is 197 Å². The summed E-state index contributed by atoms with van der Waals surface area (Å²) in [7, 11) is -8.38. The summed E-state index contributed by atoms with van der Waals surface area (Å²) >= 11 is 16.5. The molecule has 0 aliphatic heterocycles. The summed E-state index contributed by atoms with van der Waals surface area (Å²) in [6.07, 6.45) is -1.41. The summed E-state index contributed by atoms with van der Waals surface area (Å²) < 4.78 is 69.4. The predicted octanol–water partition coefficient (Wildman–Crippen LogP) is -1.45. The standard InChI is InChI=1S/2C8H12ClN3O2.2C8H13N3O3.2C7H12N3O6P.C4H4ClN3O/c1-2-13-3-4-14-7-5-6(9)11-8(10)12-7;1-2-14-4-3-12-7(13)5-6(9)11-8(12)10;1-2-13-3-4-14-7-5-6(12)10-8(9)11-7;1-2-14-4-3-11-7(13)5-6(12)10-8(11)9;8-7-9-5(11)3-6(10-7)16-2-1-15-4-17(12,13)14;8-7-9-5(11)3-6(12)10(7)1-2-16-4-17(13,14)15;5-2-1-3(9)8-4(6)7-2/h5H,2-4H2,1H3,(H2,10,11,12);5H,2-4H2,1H3,(H2,10,11);5H,2-4H2,1H3,(H3,9,10,11,12);5,12H,2-4H2,1H3,(H2,9,10);3H,1-2,4H2,(H2,12,13,14)(H3,8,9,10,11);3,11H,1-2,4H2,(H2,8,9)(H2,13,14,15);1H,(H3,6,7,8,9). The number of nitrogen functional groups attached to an aromatic ring is 7. The van der Waals surface area contributed by atoms with Gasteiger partial charge in [-0.15, -0.1) is 0 Å². The molecule has 0 saturated carbocycles. The minimum atomic E-state index is -4.22. The van der Waals surface area contributed by atoms with Gasteiger partial charge in [-0.05, 0) is 27.7 Å². The van der Waals surface area contributed by atoms with Crippen molar-refractivity contribution in [2.24, 2.45) is 0 Å². The van der Waals surface area contributed by atoms with Gasteiger partial charge in [-0.3, -0.25) is 66.6 Å². The molecule has 49 heteroatoms. The van der Waals surface area contributed by atoms with Crippen molar-refractivity contribution < 1.29 is 81.5 Å². The van der Waals surface area contributed by atoms with E-state index in [1.165, 1.54) is 27.3 Å². The molecule has 99 heavy (non-hydrogen) atoms. The minimum absolute atomic E-state index is 0.00407. The van der Waals surface area contributed by atoms with E-state index in [4.69, 9.17) is 138 Å². The second-order valence-corrected chi connectivity index (χ2v) is 22.2. The number of nitrogens with one attached hydrogen (secondary N) is 3. The van der Waals surface area contributed by atoms with Crippen molar-refractivity contribution in [1.82, 2.24) is 68.5 Å². The second kappa shape index (κ2) is 47.8. The Hall–Kier alpha value is -9.11. The molecular weight excluding hydrogens is 1430 g/mol. The number of hydrogen-bond donors (Lipinski definition) is 16. The third-order valence-electron chi connectivity index (χ3n) is 10.1. The van der Waals surface area contributed by atoms with Crippen LogP contribution in [0.5, 0.6) is 29.4 Å². The van der Waals surface area contributed by atoms with Gasteiger partial charge in [0.25, 0.3) is 33.4 Å². The Morgan fingerprint density at radius 1 is 0.394 bits per heavy atom. The molecule has 0 aromatic carbocycles. The van der Waals surface area contributed by atoms with E-state index in [9.17, 15) is 37.9 Å². The Morgan fingerprint density at radius 3 is 1.05 bits per heavy atom. The van der Waals surface area contributed by atoms with Crippen LogP contribution < -0.4 is 87.7 Å². The van der Waals surface area contributed by atoms with Gasteiger partial charge in [-0.1, -0.05) is 34.8 Å². The van der Waals surface area contributed by atoms with Crippen LogP contribution in [0.15, 0.2) is 71.2 Å². The van der Waals surface area contributed by atoms with E-state index in [1.807, 2.05) is 27.7 Å². The summed E-state index contributed by atoms with van der Waals surface area (Å²) in [5.74, 6) is -0.241. The fourth-order valence-electron chi connectivity index (χ4n) is 6.21. The summed E-state index contributed by atoms with van der Waals surface area (Å²) in [5, 5.41) is 18.4. The number of aromatic nitrogens is 14. The Bertz CT molecular complexity index is 3900. The van der Waals surface area contributed by atoms with Crippen LogP contribution in [0.3, 0.4) is 0 Å². The van der Waals surface area contributed by atoms with E-state index in [0.29, 0.717) is 85.0 Å². The lowest BCUT2D eigenvalue weighted by atomic mass is 10.5. The van der Waals surface area contributed by atoms with Crippen molar-refractivity contribution in [3.05, 3.63) is 120 Å². The van der Waals surface area contributed by atoms with E-state index >= 15 is 0 Å². The number of nitrogens with zero attached hydrogens (tertiary/aromatic N) is 11. The van der Waals surface area contributed by atoms with Crippen molar-refractivity contribution in [3.8, 4) is 29.4 Å². The van der Waals surface area contributed by atoms with Gasteiger partial charge >= 0.3 is 15.2 Å². The Labute approximate surface area is 575 Å². The zero-order chi connectivity index (χ0) is 74.7. The molecule has 0 unspecified atom stereocenters. The fourth-order valence-corrected chi connectivity index (χ4v) is 7.49. The molecule has 7 rings (SSSR count). The largest absolute Gasteiger partial charge is 0.493 e. The first-order valence-electron chi connectivity index (χ1n) is 28.2. The van der Waals surface area contributed by atoms with Crippen molar-refractivity contribution in [2.75, 3.05) is 139 Å². The number of H-pyrrole nitrogens is 3. The first-order valence-corrected chi connectivity index (χ1v) is 33.0. The highest BCUT2D eigenvalue weighted by molar-refractivity contribution is 7.51. The Kier molecular flexibility index (Phi) is 42.4. The maximum Gasteiger partial charge on any atom is 0.350 e. The van der Waals surface area contributed by atoms with Gasteiger partial charge in [0.05, 0.1) is 83.5 Å². The molecule has 0 amide bonds. The molecule has 7 aromatic heterocycles. The molecule has 7 aromatic rings. The van der Waals surface area contributed by atoms with Crippen molar-refractivity contribution in [2.45, 2.75) is 47.3 Å². The van der Waals surface area contributed by atoms with Crippen molar-refractivity contribution in [3.63, 3.8) is 0 Å². The van der Waals surface area contributed by atoms with Crippen LogP contribution >= 0.6 is 50.0 Å². The number of nitrogens with two attached hydrogens (primary N) is 7. The van der Waals surface area contributed by atoms with E-state index in [1.54, 1.807) is 0 Å². The molecule has 44 nitrogen and oxygen atoms in total. The van der Waals surface area contributed by atoms with Gasteiger partial charge in [0.1, 0.15) is 48.0 Å². The van der Waals surface area contributed by atoms with Crippen LogP contribution in [0.25, 0.3) is 0 Å². The van der Waals surface area contributed by atoms with Crippen molar-refractivity contribution in [1.29, 1.82) is 0 Å². The lowest BCUT2D eigenvalue weighted by Crippen LogP contribution is -2.25. The average molecular weight is 1510 g/mol. The molecule has 0 saturated heterocycles. The highest BCUT2D eigenvalue weighted by Gasteiger charge is 2.14. The lowest BCUT2D eigenvalue weighted by Gasteiger charge is -2.09. The van der Waals surface area contributed by atoms with Crippen LogP contribution in [0, 0.1) is 0 Å². The summed E-state index contributed by atoms with van der Waals surface area (Å²) in [4.78, 5) is 136. The lowest BCUT2D eigenvalue weighted by molar-refractivity contribution is 0.108. The summed E-state index contributed by atoms with van der Waals surface area (Å²) in [6.45, 7) is 13.2. The van der Waals surface area contributed by atoms with Gasteiger partial charge < -0.3 is 113 Å². The number of aromatic hydroxyl groups is 2. The van der Waals surface area contributed by atoms with Gasteiger partial charge in [0.15, 0.2) is 0 Å². The van der Waals surface area contributed by atoms with Crippen LogP contribution in [0.4, 0.5) is 41.6 Å². The first kappa shape index (κ1) is 87.9. The molecule has 0 atom stereocenters. The second-order valence-electron chi connectivity index (χ2n) is 17.9.